The molecular formula is C22H26N4O2. The monoisotopic (exact) mass is 378 g/mol. The second kappa shape index (κ2) is 9.36. The number of para-hydroxylation sites is 1. The number of amides is 1. The molecule has 1 fully saturated rings. The first-order valence-electron chi connectivity index (χ1n) is 9.50. The molecule has 2 aromatic carbocycles. The summed E-state index contributed by atoms with van der Waals surface area (Å²) < 4.78 is 5.46. The van der Waals surface area contributed by atoms with Crippen LogP contribution in [0.2, 0.25) is 0 Å². The molecule has 146 valence electrons. The molecule has 1 aliphatic rings. The topological polar surface area (TPSA) is 68.6 Å². The highest BCUT2D eigenvalue weighted by atomic mass is 16.5. The first-order valence-corrected chi connectivity index (χ1v) is 9.50. The lowest BCUT2D eigenvalue weighted by molar-refractivity contribution is -0.120. The van der Waals surface area contributed by atoms with Gasteiger partial charge >= 0.3 is 0 Å². The number of rotatable bonds is 6. The van der Waals surface area contributed by atoms with Crippen LogP contribution < -0.4 is 10.2 Å². The van der Waals surface area contributed by atoms with Gasteiger partial charge < -0.3 is 15.0 Å². The Balaban J connectivity index is 1.64. The third-order valence-corrected chi connectivity index (χ3v) is 5.09. The Bertz CT molecular complexity index is 838. The SMILES string of the molecule is C[C@H](C(=O)Nc1ccc(C#N)cc1)N(C)Cc1ccccc1N1CCOCC1. The van der Waals surface area contributed by atoms with E-state index in [-0.39, 0.29) is 11.9 Å². The van der Waals surface area contributed by atoms with Crippen LogP contribution in [0.4, 0.5) is 11.4 Å². The summed E-state index contributed by atoms with van der Waals surface area (Å²) in [6.45, 7) is 5.83. The maximum Gasteiger partial charge on any atom is 0.241 e. The molecule has 1 heterocycles. The van der Waals surface area contributed by atoms with Gasteiger partial charge in [0, 0.05) is 31.0 Å². The average Bonchev–Trinajstić information content (AvgIpc) is 2.74. The van der Waals surface area contributed by atoms with E-state index >= 15 is 0 Å². The number of nitriles is 1. The molecule has 6 heteroatoms. The van der Waals surface area contributed by atoms with Gasteiger partial charge in [0.15, 0.2) is 0 Å². The predicted octanol–water partition coefficient (Wildman–Crippen LogP) is 2.85. The number of carbonyl (C=O) groups is 1. The summed E-state index contributed by atoms with van der Waals surface area (Å²) in [6, 6.07) is 17.0. The number of benzene rings is 2. The highest BCUT2D eigenvalue weighted by Crippen LogP contribution is 2.23. The standard InChI is InChI=1S/C22H26N4O2/c1-17(22(27)24-20-9-7-18(15-23)8-10-20)25(2)16-19-5-3-4-6-21(19)26-11-13-28-14-12-26/h3-10,17H,11-14,16H2,1-2H3,(H,24,27)/t17-/m1/s1. The maximum atomic E-state index is 12.6. The Morgan fingerprint density at radius 3 is 2.57 bits per heavy atom. The van der Waals surface area contributed by atoms with E-state index in [1.807, 2.05) is 24.9 Å². The smallest absolute Gasteiger partial charge is 0.241 e. The van der Waals surface area contributed by atoms with Crippen LogP contribution in [0.3, 0.4) is 0 Å². The fourth-order valence-electron chi connectivity index (χ4n) is 3.24. The number of ether oxygens (including phenoxy) is 1. The van der Waals surface area contributed by atoms with Crippen molar-refractivity contribution in [1.29, 1.82) is 5.26 Å². The normalized spacial score (nSPS) is 15.1. The molecule has 0 spiro atoms. The zero-order chi connectivity index (χ0) is 19.9. The number of anilines is 2. The van der Waals surface area contributed by atoms with Gasteiger partial charge in [-0.15, -0.1) is 0 Å². The van der Waals surface area contributed by atoms with Crippen molar-refractivity contribution in [2.24, 2.45) is 0 Å². The largest absolute Gasteiger partial charge is 0.378 e. The number of nitrogens with zero attached hydrogens (tertiary/aromatic N) is 3. The van der Waals surface area contributed by atoms with Gasteiger partial charge in [-0.05, 0) is 49.9 Å². The zero-order valence-electron chi connectivity index (χ0n) is 16.4. The Kier molecular flexibility index (Phi) is 6.64. The highest BCUT2D eigenvalue weighted by Gasteiger charge is 2.21. The lowest BCUT2D eigenvalue weighted by Crippen LogP contribution is -2.40. The molecule has 0 radical (unpaired) electrons. The molecule has 28 heavy (non-hydrogen) atoms. The lowest BCUT2D eigenvalue weighted by atomic mass is 10.1. The molecular weight excluding hydrogens is 352 g/mol. The summed E-state index contributed by atoms with van der Waals surface area (Å²) >= 11 is 0. The molecule has 1 amide bonds. The van der Waals surface area contributed by atoms with Crippen molar-refractivity contribution in [2.45, 2.75) is 19.5 Å². The predicted molar refractivity (Wildman–Crippen MR) is 110 cm³/mol. The van der Waals surface area contributed by atoms with Crippen molar-refractivity contribution in [2.75, 3.05) is 43.6 Å². The van der Waals surface area contributed by atoms with Gasteiger partial charge in [0.05, 0.1) is 30.9 Å². The molecule has 0 unspecified atom stereocenters. The van der Waals surface area contributed by atoms with E-state index < -0.39 is 0 Å². The lowest BCUT2D eigenvalue weighted by Gasteiger charge is -2.32. The van der Waals surface area contributed by atoms with Gasteiger partial charge in [0.1, 0.15) is 0 Å². The van der Waals surface area contributed by atoms with E-state index in [2.05, 4.69) is 34.5 Å². The second-order valence-corrected chi connectivity index (χ2v) is 7.00. The van der Waals surface area contributed by atoms with E-state index in [0.717, 1.165) is 26.3 Å². The zero-order valence-corrected chi connectivity index (χ0v) is 16.4. The second-order valence-electron chi connectivity index (χ2n) is 7.00. The molecule has 1 N–H and O–H groups in total. The van der Waals surface area contributed by atoms with Gasteiger partial charge in [-0.1, -0.05) is 18.2 Å². The minimum absolute atomic E-state index is 0.0731. The van der Waals surface area contributed by atoms with Crippen molar-refractivity contribution in [1.82, 2.24) is 4.90 Å². The van der Waals surface area contributed by atoms with Crippen molar-refractivity contribution >= 4 is 17.3 Å². The van der Waals surface area contributed by atoms with Crippen LogP contribution in [0, 0.1) is 11.3 Å². The van der Waals surface area contributed by atoms with Gasteiger partial charge in [0.25, 0.3) is 0 Å². The third-order valence-electron chi connectivity index (χ3n) is 5.09. The minimum Gasteiger partial charge on any atom is -0.378 e. The molecule has 2 aromatic rings. The van der Waals surface area contributed by atoms with Crippen molar-refractivity contribution in [3.05, 3.63) is 59.7 Å². The van der Waals surface area contributed by atoms with Crippen molar-refractivity contribution in [3.63, 3.8) is 0 Å². The molecule has 0 aromatic heterocycles. The molecule has 1 saturated heterocycles. The fraction of sp³-hybridized carbons (Fsp3) is 0.364. The van der Waals surface area contributed by atoms with Crippen LogP contribution in [0.25, 0.3) is 0 Å². The maximum absolute atomic E-state index is 12.6. The summed E-state index contributed by atoms with van der Waals surface area (Å²) in [4.78, 5) is 17.0. The Morgan fingerprint density at radius 1 is 1.21 bits per heavy atom. The molecule has 1 aliphatic heterocycles. The summed E-state index contributed by atoms with van der Waals surface area (Å²) in [6.07, 6.45) is 0. The van der Waals surface area contributed by atoms with E-state index in [9.17, 15) is 4.79 Å². The summed E-state index contributed by atoms with van der Waals surface area (Å²) in [5.41, 5.74) is 3.67. The molecule has 6 nitrogen and oxygen atoms in total. The number of carbonyl (C=O) groups excluding carboxylic acids is 1. The molecule has 1 atom stereocenters. The number of likely N-dealkylation sites (N-methyl/N-ethyl adjacent to an activating group) is 1. The number of nitrogens with one attached hydrogen (secondary N) is 1. The summed E-state index contributed by atoms with van der Waals surface area (Å²) in [5.74, 6) is -0.0731. The van der Waals surface area contributed by atoms with Crippen LogP contribution in [-0.4, -0.2) is 50.2 Å². The van der Waals surface area contributed by atoms with Crippen LogP contribution in [-0.2, 0) is 16.1 Å². The quantitative estimate of drug-likeness (QED) is 0.837. The first-order chi connectivity index (χ1) is 13.6. The highest BCUT2D eigenvalue weighted by molar-refractivity contribution is 5.94. The fourth-order valence-corrected chi connectivity index (χ4v) is 3.24. The average molecular weight is 378 g/mol. The molecule has 3 rings (SSSR count). The van der Waals surface area contributed by atoms with E-state index in [0.29, 0.717) is 17.8 Å². The number of hydrogen-bond donors (Lipinski definition) is 1. The van der Waals surface area contributed by atoms with Crippen molar-refractivity contribution < 1.29 is 9.53 Å². The van der Waals surface area contributed by atoms with Gasteiger partial charge in [-0.25, -0.2) is 0 Å². The van der Waals surface area contributed by atoms with Crippen LogP contribution >= 0.6 is 0 Å². The molecule has 0 saturated carbocycles. The summed E-state index contributed by atoms with van der Waals surface area (Å²) in [5, 5.41) is 11.8. The Morgan fingerprint density at radius 2 is 1.89 bits per heavy atom. The molecule has 0 bridgehead atoms. The number of hydrogen-bond acceptors (Lipinski definition) is 5. The van der Waals surface area contributed by atoms with E-state index in [4.69, 9.17) is 10.00 Å². The number of morpholine rings is 1. The minimum atomic E-state index is -0.298. The van der Waals surface area contributed by atoms with Crippen LogP contribution in [0.5, 0.6) is 0 Å². The first kappa shape index (κ1) is 19.9. The van der Waals surface area contributed by atoms with Gasteiger partial charge in [0.2, 0.25) is 5.91 Å². The molecule has 0 aliphatic carbocycles. The summed E-state index contributed by atoms with van der Waals surface area (Å²) in [7, 11) is 1.96. The van der Waals surface area contributed by atoms with E-state index in [1.165, 1.54) is 11.3 Å². The van der Waals surface area contributed by atoms with Gasteiger partial charge in [-0.2, -0.15) is 5.26 Å². The van der Waals surface area contributed by atoms with Gasteiger partial charge in [-0.3, -0.25) is 9.69 Å². The Hall–Kier alpha value is -2.88. The third kappa shape index (κ3) is 4.89. The van der Waals surface area contributed by atoms with Crippen LogP contribution in [0.15, 0.2) is 48.5 Å². The van der Waals surface area contributed by atoms with E-state index in [1.54, 1.807) is 24.3 Å². The Labute approximate surface area is 166 Å². The van der Waals surface area contributed by atoms with Crippen LogP contribution in [0.1, 0.15) is 18.1 Å². The van der Waals surface area contributed by atoms with Crippen molar-refractivity contribution in [3.8, 4) is 6.07 Å².